The lowest BCUT2D eigenvalue weighted by atomic mass is 9.93. The topological polar surface area (TPSA) is 30.3 Å². The van der Waals surface area contributed by atoms with Crippen molar-refractivity contribution in [3.63, 3.8) is 0 Å². The summed E-state index contributed by atoms with van der Waals surface area (Å²) in [6.45, 7) is 8.52. The molecule has 2 aliphatic rings. The number of ether oxygens (including phenoxy) is 1. The molecule has 0 bridgehead atoms. The SMILES string of the molecule is Cc1nn(C2CCC2)cc1OC[C@@H]1CN(Cc2ccccc2)C[C@H]1C. The monoisotopic (exact) mass is 339 g/mol. The number of rotatable bonds is 6. The molecule has 2 aromatic rings. The summed E-state index contributed by atoms with van der Waals surface area (Å²) in [5.74, 6) is 2.24. The standard InChI is InChI=1S/C21H29N3O/c1-16-11-23(12-18-7-4-3-5-8-18)13-19(16)15-25-21-14-24(22-17(21)2)20-9-6-10-20/h3-5,7-8,14,16,19-20H,6,9-13,15H2,1-2H3/t16-,19+/m1/s1. The number of likely N-dealkylation sites (tertiary alicyclic amines) is 1. The molecule has 1 aliphatic carbocycles. The molecule has 0 amide bonds. The van der Waals surface area contributed by atoms with Crippen LogP contribution in [0.1, 0.15) is 43.5 Å². The second kappa shape index (κ2) is 7.20. The average molecular weight is 339 g/mol. The van der Waals surface area contributed by atoms with Gasteiger partial charge in [0, 0.05) is 25.6 Å². The van der Waals surface area contributed by atoms with Crippen LogP contribution < -0.4 is 4.74 Å². The Hall–Kier alpha value is -1.81. The Kier molecular flexibility index (Phi) is 4.80. The van der Waals surface area contributed by atoms with Crippen LogP contribution in [0.2, 0.25) is 0 Å². The smallest absolute Gasteiger partial charge is 0.160 e. The van der Waals surface area contributed by atoms with Crippen molar-refractivity contribution in [2.24, 2.45) is 11.8 Å². The van der Waals surface area contributed by atoms with E-state index in [4.69, 9.17) is 4.74 Å². The van der Waals surface area contributed by atoms with Crippen LogP contribution in [-0.2, 0) is 6.54 Å². The normalized spacial score (nSPS) is 24.4. The Morgan fingerprint density at radius 2 is 1.96 bits per heavy atom. The molecule has 1 saturated heterocycles. The first kappa shape index (κ1) is 16.6. The Morgan fingerprint density at radius 3 is 2.68 bits per heavy atom. The summed E-state index contributed by atoms with van der Waals surface area (Å²) < 4.78 is 8.30. The van der Waals surface area contributed by atoms with Crippen molar-refractivity contribution in [2.75, 3.05) is 19.7 Å². The minimum absolute atomic E-state index is 0.593. The van der Waals surface area contributed by atoms with Crippen molar-refractivity contribution in [2.45, 2.75) is 45.7 Å². The molecule has 2 heterocycles. The highest BCUT2D eigenvalue weighted by atomic mass is 16.5. The van der Waals surface area contributed by atoms with E-state index in [-0.39, 0.29) is 0 Å². The fourth-order valence-corrected chi connectivity index (χ4v) is 3.97. The lowest BCUT2D eigenvalue weighted by Crippen LogP contribution is -2.22. The molecule has 2 fully saturated rings. The zero-order chi connectivity index (χ0) is 17.2. The van der Waals surface area contributed by atoms with E-state index in [2.05, 4.69) is 65.1 Å². The molecule has 4 rings (SSSR count). The molecule has 1 aliphatic heterocycles. The first-order valence-corrected chi connectivity index (χ1v) is 9.64. The van der Waals surface area contributed by atoms with Gasteiger partial charge >= 0.3 is 0 Å². The third kappa shape index (κ3) is 3.74. The van der Waals surface area contributed by atoms with Crippen molar-refractivity contribution in [3.8, 4) is 5.75 Å². The Morgan fingerprint density at radius 1 is 1.16 bits per heavy atom. The van der Waals surface area contributed by atoms with Gasteiger partial charge in [0.1, 0.15) is 5.69 Å². The van der Waals surface area contributed by atoms with Crippen molar-refractivity contribution in [3.05, 3.63) is 47.8 Å². The summed E-state index contributed by atoms with van der Waals surface area (Å²) >= 11 is 0. The van der Waals surface area contributed by atoms with Crippen molar-refractivity contribution in [1.29, 1.82) is 0 Å². The van der Waals surface area contributed by atoms with E-state index in [0.29, 0.717) is 17.9 Å². The number of nitrogens with zero attached hydrogens (tertiary/aromatic N) is 3. The highest BCUT2D eigenvalue weighted by Gasteiger charge is 2.30. The minimum Gasteiger partial charge on any atom is -0.490 e. The van der Waals surface area contributed by atoms with E-state index in [9.17, 15) is 0 Å². The van der Waals surface area contributed by atoms with Crippen LogP contribution in [0.25, 0.3) is 0 Å². The molecule has 25 heavy (non-hydrogen) atoms. The van der Waals surface area contributed by atoms with E-state index in [1.807, 2.05) is 0 Å². The van der Waals surface area contributed by atoms with E-state index < -0.39 is 0 Å². The number of hydrogen-bond acceptors (Lipinski definition) is 3. The van der Waals surface area contributed by atoms with Gasteiger partial charge in [-0.15, -0.1) is 0 Å². The van der Waals surface area contributed by atoms with E-state index in [1.54, 1.807) is 0 Å². The largest absolute Gasteiger partial charge is 0.490 e. The lowest BCUT2D eigenvalue weighted by Gasteiger charge is -2.25. The molecule has 1 aromatic heterocycles. The maximum absolute atomic E-state index is 6.18. The van der Waals surface area contributed by atoms with E-state index in [1.165, 1.54) is 24.8 Å². The number of benzene rings is 1. The predicted molar refractivity (Wildman–Crippen MR) is 99.7 cm³/mol. The summed E-state index contributed by atoms with van der Waals surface area (Å²) in [5.41, 5.74) is 2.42. The summed E-state index contributed by atoms with van der Waals surface area (Å²) in [7, 11) is 0. The third-order valence-corrected chi connectivity index (χ3v) is 5.87. The van der Waals surface area contributed by atoms with Gasteiger partial charge in [-0.1, -0.05) is 37.3 Å². The van der Waals surface area contributed by atoms with Crippen LogP contribution in [0, 0.1) is 18.8 Å². The molecular weight excluding hydrogens is 310 g/mol. The number of hydrogen-bond donors (Lipinski definition) is 0. The molecule has 0 spiro atoms. The highest BCUT2D eigenvalue weighted by molar-refractivity contribution is 5.23. The van der Waals surface area contributed by atoms with Gasteiger partial charge in [-0.25, -0.2) is 0 Å². The molecule has 4 heteroatoms. The molecule has 1 aromatic carbocycles. The van der Waals surface area contributed by atoms with E-state index in [0.717, 1.165) is 37.7 Å². The summed E-state index contributed by atoms with van der Waals surface area (Å²) in [6.07, 6.45) is 5.96. The van der Waals surface area contributed by atoms with Gasteiger partial charge in [-0.3, -0.25) is 9.58 Å². The highest BCUT2D eigenvalue weighted by Crippen LogP contribution is 2.33. The van der Waals surface area contributed by atoms with Gasteiger partial charge in [0.05, 0.1) is 18.8 Å². The number of aromatic nitrogens is 2. The van der Waals surface area contributed by atoms with Crippen LogP contribution >= 0.6 is 0 Å². The molecule has 134 valence electrons. The van der Waals surface area contributed by atoms with Crippen LogP contribution in [0.15, 0.2) is 36.5 Å². The van der Waals surface area contributed by atoms with Crippen molar-refractivity contribution >= 4 is 0 Å². The second-order valence-corrected chi connectivity index (χ2v) is 7.87. The fraction of sp³-hybridized carbons (Fsp3) is 0.571. The molecule has 1 saturated carbocycles. The van der Waals surface area contributed by atoms with Crippen LogP contribution in [0.5, 0.6) is 5.75 Å². The molecule has 2 atom stereocenters. The van der Waals surface area contributed by atoms with Gasteiger partial charge in [0.15, 0.2) is 5.75 Å². The summed E-state index contributed by atoms with van der Waals surface area (Å²) in [4.78, 5) is 2.55. The Bertz CT molecular complexity index is 692. The molecule has 0 radical (unpaired) electrons. The molecule has 4 nitrogen and oxygen atoms in total. The van der Waals surface area contributed by atoms with Gasteiger partial charge in [-0.05, 0) is 37.7 Å². The summed E-state index contributed by atoms with van der Waals surface area (Å²) in [5, 5.41) is 4.65. The summed E-state index contributed by atoms with van der Waals surface area (Å²) in [6, 6.07) is 11.4. The van der Waals surface area contributed by atoms with Crippen LogP contribution in [0.4, 0.5) is 0 Å². The van der Waals surface area contributed by atoms with Gasteiger partial charge in [0.25, 0.3) is 0 Å². The van der Waals surface area contributed by atoms with Gasteiger partial charge in [0.2, 0.25) is 0 Å². The quantitative estimate of drug-likeness (QED) is 0.795. The zero-order valence-electron chi connectivity index (χ0n) is 15.4. The molecule has 0 unspecified atom stereocenters. The number of aryl methyl sites for hydroxylation is 1. The molecule has 0 N–H and O–H groups in total. The lowest BCUT2D eigenvalue weighted by molar-refractivity contribution is 0.222. The third-order valence-electron chi connectivity index (χ3n) is 5.87. The average Bonchev–Trinajstić information content (AvgIpc) is 3.07. The van der Waals surface area contributed by atoms with Gasteiger partial charge in [-0.2, -0.15) is 5.10 Å². The van der Waals surface area contributed by atoms with E-state index >= 15 is 0 Å². The van der Waals surface area contributed by atoms with Crippen LogP contribution in [0.3, 0.4) is 0 Å². The maximum atomic E-state index is 6.18. The fourth-order valence-electron chi connectivity index (χ4n) is 3.97. The minimum atomic E-state index is 0.593. The first-order chi connectivity index (χ1) is 12.2. The van der Waals surface area contributed by atoms with Crippen molar-refractivity contribution < 1.29 is 4.74 Å². The Labute approximate surface area is 150 Å². The van der Waals surface area contributed by atoms with Gasteiger partial charge < -0.3 is 4.74 Å². The predicted octanol–water partition coefficient (Wildman–Crippen LogP) is 4.06. The second-order valence-electron chi connectivity index (χ2n) is 7.87. The zero-order valence-corrected chi connectivity index (χ0v) is 15.4. The van der Waals surface area contributed by atoms with Crippen LogP contribution in [-0.4, -0.2) is 34.4 Å². The first-order valence-electron chi connectivity index (χ1n) is 9.64. The molecular formula is C21H29N3O. The Balaban J connectivity index is 1.31. The maximum Gasteiger partial charge on any atom is 0.160 e. The van der Waals surface area contributed by atoms with Crippen molar-refractivity contribution in [1.82, 2.24) is 14.7 Å².